The van der Waals surface area contributed by atoms with Crippen LogP contribution in [0, 0.1) is 0 Å². The van der Waals surface area contributed by atoms with Gasteiger partial charge in [-0.05, 0) is 0 Å². The summed E-state index contributed by atoms with van der Waals surface area (Å²) in [7, 11) is 0. The zero-order chi connectivity index (χ0) is 3.58. The lowest BCUT2D eigenvalue weighted by Gasteiger charge is -1.74. The molecule has 0 amide bonds. The third kappa shape index (κ3) is 599. The predicted molar refractivity (Wildman–Crippen MR) is 27.9 cm³/mol. The third-order valence-electron chi connectivity index (χ3n) is 0. The molecule has 0 saturated heterocycles. The van der Waals surface area contributed by atoms with E-state index in [1.165, 1.54) is 0 Å². The van der Waals surface area contributed by atoms with Crippen molar-refractivity contribution in [3.63, 3.8) is 0 Å². The molecule has 8 heteroatoms. The van der Waals surface area contributed by atoms with E-state index >= 15 is 0 Å². The summed E-state index contributed by atoms with van der Waals surface area (Å²) in [6, 6.07) is 0. The summed E-state index contributed by atoms with van der Waals surface area (Å²) in [5.74, 6) is 0. The minimum absolute atomic E-state index is 0. The lowest BCUT2D eigenvalue weighted by atomic mass is 11.5. The van der Waals surface area contributed by atoms with E-state index in [1.807, 2.05) is 0 Å². The summed E-state index contributed by atoms with van der Waals surface area (Å²) in [6.07, 6.45) is -2.08. The summed E-state index contributed by atoms with van der Waals surface area (Å²) in [5.41, 5.74) is 0. The van der Waals surface area contributed by atoms with Crippen LogP contribution >= 0.6 is 0 Å². The highest BCUT2D eigenvalue weighted by atomic mass is 35.5. The molecule has 0 aromatic heterocycles. The summed E-state index contributed by atoms with van der Waals surface area (Å²) in [6.45, 7) is 0. The van der Waals surface area contributed by atoms with Crippen LogP contribution in [-0.2, 0) is 0 Å². The van der Waals surface area contributed by atoms with Crippen molar-refractivity contribution >= 4 is 6.16 Å². The van der Waals surface area contributed by atoms with Crippen molar-refractivity contribution in [2.75, 3.05) is 0 Å². The molecule has 0 bridgehead atoms. The van der Waals surface area contributed by atoms with Crippen molar-refractivity contribution in [1.82, 2.24) is 18.5 Å². The minimum Gasteiger partial charge on any atom is -1.00 e. The Kier molecular flexibility index (Phi) is 467. The number of hydrogen-bond acceptors (Lipinski definition) is 3. The molecule has 0 aliphatic carbocycles. The van der Waals surface area contributed by atoms with Gasteiger partial charge in [0.1, 0.15) is 0 Å². The molecule has 0 unspecified atom stereocenters. The van der Waals surface area contributed by atoms with E-state index in [0.717, 1.165) is 0 Å². The number of carboxylic acid groups (broad SMARTS) is 2. The number of quaternary nitrogens is 3. The van der Waals surface area contributed by atoms with Gasteiger partial charge in [-0.15, -0.1) is 0 Å². The third-order valence-corrected chi connectivity index (χ3v) is 0. The highest BCUT2D eigenvalue weighted by molar-refractivity contribution is 5.50. The van der Waals surface area contributed by atoms with E-state index in [2.05, 4.69) is 0 Å². The van der Waals surface area contributed by atoms with Crippen LogP contribution in [0.5, 0.6) is 0 Å². The maximum absolute atomic E-state index is 8.44. The number of hydrogen-bond donors (Lipinski definition) is 4. The average Bonchev–Trinajstić information content (AvgIpc) is 0.811. The number of rotatable bonds is 0. The summed E-state index contributed by atoms with van der Waals surface area (Å²) >= 11 is 0. The summed E-state index contributed by atoms with van der Waals surface area (Å²) in [4.78, 5) is 8.44. The summed E-state index contributed by atoms with van der Waals surface area (Å²) in [5, 5.41) is 15.3. The van der Waals surface area contributed by atoms with Gasteiger partial charge in [0, 0.05) is 0 Å². The fourth-order valence-electron chi connectivity index (χ4n) is 0. The van der Waals surface area contributed by atoms with Crippen molar-refractivity contribution in [2.45, 2.75) is 0 Å². The summed E-state index contributed by atoms with van der Waals surface area (Å²) < 4.78 is 0. The van der Waals surface area contributed by atoms with Gasteiger partial charge >= 0.3 is 0 Å². The van der Waals surface area contributed by atoms with Crippen LogP contribution in [0.2, 0.25) is 0 Å². The Hall–Kier alpha value is -0.600. The van der Waals surface area contributed by atoms with Crippen molar-refractivity contribution < 1.29 is 32.9 Å². The molecule has 0 aromatic rings. The average molecular weight is 168 g/mol. The molecular formula is CH14ClN3O4. The molecule has 14 N–H and O–H groups in total. The molecule has 0 fully saturated rings. The monoisotopic (exact) mass is 167 g/mol. The van der Waals surface area contributed by atoms with Crippen LogP contribution in [0.25, 0.3) is 0 Å². The molecule has 0 radical (unpaired) electrons. The Morgan fingerprint density at radius 1 is 1.22 bits per heavy atom. The van der Waals surface area contributed by atoms with E-state index in [1.54, 1.807) is 0 Å². The molecule has 0 rings (SSSR count). The predicted octanol–water partition coefficient (Wildman–Crippen LogP) is -3.16. The normalized spacial score (nSPS) is 2.67. The standard InChI is InChI=1S/CH2O3.ClH.3H3N.H2O/c2-1(3)4;;;;;/h(H2,2,3,4);1H;3*1H3;1H2. The van der Waals surface area contributed by atoms with E-state index in [9.17, 15) is 0 Å². The van der Waals surface area contributed by atoms with E-state index in [4.69, 9.17) is 15.0 Å². The first kappa shape index (κ1) is 79.9. The first-order chi connectivity index (χ1) is 1.73. The lowest BCUT2D eigenvalue weighted by Crippen LogP contribution is -3.00. The van der Waals surface area contributed by atoms with Gasteiger partial charge in [0.2, 0.25) is 6.16 Å². The fraction of sp³-hybridized carbons (Fsp3) is 0. The van der Waals surface area contributed by atoms with Gasteiger partial charge in [-0.2, -0.15) is 0 Å². The fourth-order valence-corrected chi connectivity index (χ4v) is 0. The topological polar surface area (TPSA) is 200 Å². The highest BCUT2D eigenvalue weighted by Gasteiger charge is 1.51. The van der Waals surface area contributed by atoms with Crippen molar-refractivity contribution in [2.24, 2.45) is 0 Å². The molecule has 0 atom stereocenters. The molecule has 0 aliphatic rings. The van der Waals surface area contributed by atoms with Gasteiger partial charge < -0.3 is 51.3 Å². The van der Waals surface area contributed by atoms with Crippen LogP contribution < -0.4 is 36.0 Å². The van der Waals surface area contributed by atoms with Crippen LogP contribution in [0.1, 0.15) is 0 Å². The molecular weight excluding hydrogens is 153 g/mol. The van der Waals surface area contributed by atoms with E-state index < -0.39 is 6.16 Å². The molecule has 9 heavy (non-hydrogen) atoms. The minimum atomic E-state index is -2.08. The van der Waals surface area contributed by atoms with Gasteiger partial charge in [0.05, 0.1) is 0 Å². The zero-order valence-electron chi connectivity index (χ0n) is 5.59. The second-order valence-electron chi connectivity index (χ2n) is 0.266. The lowest BCUT2D eigenvalue weighted by molar-refractivity contribution is -0.275. The van der Waals surface area contributed by atoms with Crippen LogP contribution in [0.3, 0.4) is 0 Å². The van der Waals surface area contributed by atoms with Gasteiger partial charge in [-0.3, -0.25) is 0 Å². The maximum Gasteiger partial charge on any atom is 0.249 e. The Balaban J connectivity index is -0.00000000450. The molecule has 0 saturated carbocycles. The molecule has 64 valence electrons. The second kappa shape index (κ2) is 52.6. The molecule has 0 spiro atoms. The molecule has 7 nitrogen and oxygen atoms in total. The van der Waals surface area contributed by atoms with Gasteiger partial charge in [-0.1, -0.05) is 0 Å². The Morgan fingerprint density at radius 2 is 1.22 bits per heavy atom. The first-order valence-electron chi connectivity index (χ1n) is 0.632. The highest BCUT2D eigenvalue weighted by Crippen LogP contribution is 1.32. The van der Waals surface area contributed by atoms with E-state index in [0.29, 0.717) is 0 Å². The van der Waals surface area contributed by atoms with E-state index in [-0.39, 0.29) is 36.3 Å². The first-order valence-corrected chi connectivity index (χ1v) is 0.632. The largest absolute Gasteiger partial charge is 1.00 e. The zero-order valence-corrected chi connectivity index (χ0v) is 6.34. The molecule has 0 aromatic carbocycles. The van der Waals surface area contributed by atoms with Gasteiger partial charge in [0.15, 0.2) is 0 Å². The number of halogens is 1. The molecule has 0 heterocycles. The number of carbonyl (C=O) groups is 1. The molecule has 0 aliphatic heterocycles. The smallest absolute Gasteiger partial charge is 0.249 e. The van der Waals surface area contributed by atoms with Gasteiger partial charge in [0.25, 0.3) is 0 Å². The SMILES string of the molecule is O=C([O-])O.[Cl-].[NH4+].[NH4+].[NH4+].[OH-]. The maximum atomic E-state index is 8.44. The second-order valence-corrected chi connectivity index (χ2v) is 0.266. The Bertz CT molecular complexity index is 38.8. The van der Waals surface area contributed by atoms with Crippen LogP contribution in [-0.4, -0.2) is 16.7 Å². The van der Waals surface area contributed by atoms with Crippen LogP contribution in [0.4, 0.5) is 4.79 Å². The van der Waals surface area contributed by atoms with Crippen molar-refractivity contribution in [3.8, 4) is 0 Å². The Labute approximate surface area is 58.5 Å². The van der Waals surface area contributed by atoms with Crippen LogP contribution in [0.15, 0.2) is 0 Å². The Morgan fingerprint density at radius 3 is 1.22 bits per heavy atom. The van der Waals surface area contributed by atoms with Crippen molar-refractivity contribution in [3.05, 3.63) is 0 Å². The quantitative estimate of drug-likeness (QED) is 0.295. The van der Waals surface area contributed by atoms with Gasteiger partial charge in [-0.25, -0.2) is 0 Å². The van der Waals surface area contributed by atoms with Crippen molar-refractivity contribution in [1.29, 1.82) is 0 Å².